The topological polar surface area (TPSA) is 12.9 Å². The third-order valence-corrected chi connectivity index (χ3v) is 2.78. The van der Waals surface area contributed by atoms with Gasteiger partial charge < -0.3 is 0 Å². The molecule has 0 unspecified atom stereocenters. The van der Waals surface area contributed by atoms with E-state index in [2.05, 4.69) is 44.0 Å². The lowest BCUT2D eigenvalue weighted by Gasteiger charge is -2.08. The average molecular weight is 185 g/mol. The number of hydrogen-bond acceptors (Lipinski definition) is 1. The summed E-state index contributed by atoms with van der Waals surface area (Å²) in [5.74, 6) is 0. The van der Waals surface area contributed by atoms with Gasteiger partial charge in [0.15, 0.2) is 0 Å². The molecule has 0 spiro atoms. The highest BCUT2D eigenvalue weighted by Crippen LogP contribution is 2.22. The predicted octanol–water partition coefficient (Wildman–Crippen LogP) is 3.41. The molecule has 1 heteroatoms. The van der Waals surface area contributed by atoms with E-state index >= 15 is 0 Å². The number of aryl methyl sites for hydroxylation is 3. The Labute approximate surface area is 84.8 Å². The van der Waals surface area contributed by atoms with Crippen molar-refractivity contribution in [3.8, 4) is 0 Å². The lowest BCUT2D eigenvalue weighted by molar-refractivity contribution is 1.11. The van der Waals surface area contributed by atoms with Gasteiger partial charge in [-0.15, -0.1) is 0 Å². The molecular formula is C13H15N. The molecule has 14 heavy (non-hydrogen) atoms. The number of pyridine rings is 1. The van der Waals surface area contributed by atoms with Crippen LogP contribution < -0.4 is 0 Å². The molecule has 0 atom stereocenters. The van der Waals surface area contributed by atoms with Crippen LogP contribution in [0.3, 0.4) is 0 Å². The van der Waals surface area contributed by atoms with E-state index in [1.54, 1.807) is 0 Å². The van der Waals surface area contributed by atoms with Crippen LogP contribution in [0.5, 0.6) is 0 Å². The monoisotopic (exact) mass is 185 g/mol. The van der Waals surface area contributed by atoms with E-state index in [-0.39, 0.29) is 0 Å². The molecule has 0 fully saturated rings. The predicted molar refractivity (Wildman–Crippen MR) is 60.6 cm³/mol. The van der Waals surface area contributed by atoms with Crippen molar-refractivity contribution in [3.63, 3.8) is 0 Å². The van der Waals surface area contributed by atoms with Crippen LogP contribution in [0.1, 0.15) is 23.6 Å². The zero-order chi connectivity index (χ0) is 10.1. The third kappa shape index (κ3) is 1.29. The van der Waals surface area contributed by atoms with E-state index in [0.717, 1.165) is 11.9 Å². The maximum absolute atomic E-state index is 4.49. The molecule has 0 aliphatic rings. The van der Waals surface area contributed by atoms with E-state index < -0.39 is 0 Å². The molecule has 1 heterocycles. The van der Waals surface area contributed by atoms with E-state index in [1.165, 1.54) is 22.1 Å². The van der Waals surface area contributed by atoms with Gasteiger partial charge in [0, 0.05) is 11.6 Å². The fourth-order valence-corrected chi connectivity index (χ4v) is 1.99. The van der Waals surface area contributed by atoms with Crippen LogP contribution in [0.15, 0.2) is 24.4 Å². The van der Waals surface area contributed by atoms with Gasteiger partial charge in [-0.1, -0.05) is 25.1 Å². The number of fused-ring (bicyclic) bond motifs is 1. The van der Waals surface area contributed by atoms with Crippen LogP contribution in [0.2, 0.25) is 0 Å². The van der Waals surface area contributed by atoms with Crippen LogP contribution in [0.4, 0.5) is 0 Å². The Hall–Kier alpha value is -1.37. The molecule has 1 nitrogen and oxygen atoms in total. The number of hydrogen-bond donors (Lipinski definition) is 0. The van der Waals surface area contributed by atoms with Gasteiger partial charge in [-0.25, -0.2) is 0 Å². The Bertz CT molecular complexity index is 472. The quantitative estimate of drug-likeness (QED) is 0.663. The van der Waals surface area contributed by atoms with Gasteiger partial charge >= 0.3 is 0 Å². The highest BCUT2D eigenvalue weighted by atomic mass is 14.7. The molecule has 2 rings (SSSR count). The Morgan fingerprint density at radius 2 is 1.93 bits per heavy atom. The minimum Gasteiger partial charge on any atom is -0.256 e. The lowest BCUT2D eigenvalue weighted by Crippen LogP contribution is -1.93. The second-order valence-corrected chi connectivity index (χ2v) is 3.74. The molecular weight excluding hydrogens is 170 g/mol. The second kappa shape index (κ2) is 3.41. The first kappa shape index (κ1) is 9.20. The van der Waals surface area contributed by atoms with E-state index in [1.807, 2.05) is 6.20 Å². The SMILES string of the molecule is CCc1c(C)cnc2c(C)cccc12. The van der Waals surface area contributed by atoms with Gasteiger partial charge in [-0.2, -0.15) is 0 Å². The number of nitrogens with zero attached hydrogens (tertiary/aromatic N) is 1. The highest BCUT2D eigenvalue weighted by Gasteiger charge is 2.04. The second-order valence-electron chi connectivity index (χ2n) is 3.74. The minimum absolute atomic E-state index is 1.08. The van der Waals surface area contributed by atoms with Crippen molar-refractivity contribution in [2.75, 3.05) is 0 Å². The van der Waals surface area contributed by atoms with E-state index in [0.29, 0.717) is 0 Å². The first-order chi connectivity index (χ1) is 6.74. The molecule has 0 bridgehead atoms. The van der Waals surface area contributed by atoms with Crippen molar-refractivity contribution in [2.45, 2.75) is 27.2 Å². The maximum atomic E-state index is 4.49. The number of benzene rings is 1. The molecule has 0 amide bonds. The average Bonchev–Trinajstić information content (AvgIpc) is 2.18. The molecule has 0 radical (unpaired) electrons. The van der Waals surface area contributed by atoms with Crippen molar-refractivity contribution >= 4 is 10.9 Å². The largest absolute Gasteiger partial charge is 0.256 e. The first-order valence-electron chi connectivity index (χ1n) is 5.08. The van der Waals surface area contributed by atoms with Crippen LogP contribution >= 0.6 is 0 Å². The lowest BCUT2D eigenvalue weighted by atomic mass is 10.0. The summed E-state index contributed by atoms with van der Waals surface area (Å²) in [7, 11) is 0. The van der Waals surface area contributed by atoms with Gasteiger partial charge in [0.25, 0.3) is 0 Å². The summed E-state index contributed by atoms with van der Waals surface area (Å²) in [4.78, 5) is 4.49. The van der Waals surface area contributed by atoms with Crippen molar-refractivity contribution in [2.24, 2.45) is 0 Å². The summed E-state index contributed by atoms with van der Waals surface area (Å²) in [5, 5.41) is 1.31. The summed E-state index contributed by atoms with van der Waals surface area (Å²) in [5.41, 5.74) is 5.14. The molecule has 0 aliphatic carbocycles. The van der Waals surface area contributed by atoms with Gasteiger partial charge in [0.1, 0.15) is 0 Å². The van der Waals surface area contributed by atoms with Crippen molar-refractivity contribution in [3.05, 3.63) is 41.1 Å². The van der Waals surface area contributed by atoms with Crippen molar-refractivity contribution in [1.29, 1.82) is 0 Å². The van der Waals surface area contributed by atoms with Crippen LogP contribution in [0.25, 0.3) is 10.9 Å². The van der Waals surface area contributed by atoms with Crippen LogP contribution in [-0.2, 0) is 6.42 Å². The zero-order valence-electron chi connectivity index (χ0n) is 8.96. The number of aromatic nitrogens is 1. The molecule has 0 saturated carbocycles. The standard InChI is InChI=1S/C13H15N/c1-4-11-10(3)8-14-13-9(2)6-5-7-12(11)13/h5-8H,4H2,1-3H3. The Morgan fingerprint density at radius 1 is 1.14 bits per heavy atom. The molecule has 1 aromatic heterocycles. The Morgan fingerprint density at radius 3 is 2.64 bits per heavy atom. The molecule has 0 saturated heterocycles. The van der Waals surface area contributed by atoms with Gasteiger partial charge in [-0.3, -0.25) is 4.98 Å². The fraction of sp³-hybridized carbons (Fsp3) is 0.308. The normalized spacial score (nSPS) is 10.8. The molecule has 0 N–H and O–H groups in total. The zero-order valence-corrected chi connectivity index (χ0v) is 8.96. The summed E-state index contributed by atoms with van der Waals surface area (Å²) in [6.07, 6.45) is 3.06. The third-order valence-electron chi connectivity index (χ3n) is 2.78. The molecule has 2 aromatic rings. The van der Waals surface area contributed by atoms with Gasteiger partial charge in [0.2, 0.25) is 0 Å². The molecule has 0 aliphatic heterocycles. The summed E-state index contributed by atoms with van der Waals surface area (Å²) >= 11 is 0. The van der Waals surface area contributed by atoms with Crippen molar-refractivity contribution < 1.29 is 0 Å². The smallest absolute Gasteiger partial charge is 0.0734 e. The number of para-hydroxylation sites is 1. The Balaban J connectivity index is 2.88. The molecule has 1 aromatic carbocycles. The number of rotatable bonds is 1. The summed E-state index contributed by atoms with van der Waals surface area (Å²) in [6.45, 7) is 6.45. The van der Waals surface area contributed by atoms with Crippen molar-refractivity contribution in [1.82, 2.24) is 4.98 Å². The fourth-order valence-electron chi connectivity index (χ4n) is 1.99. The maximum Gasteiger partial charge on any atom is 0.0734 e. The first-order valence-corrected chi connectivity index (χ1v) is 5.08. The van der Waals surface area contributed by atoms with E-state index in [4.69, 9.17) is 0 Å². The molecule has 72 valence electrons. The van der Waals surface area contributed by atoms with Gasteiger partial charge in [0.05, 0.1) is 5.52 Å². The van der Waals surface area contributed by atoms with Crippen LogP contribution in [-0.4, -0.2) is 4.98 Å². The summed E-state index contributed by atoms with van der Waals surface area (Å²) < 4.78 is 0. The van der Waals surface area contributed by atoms with Crippen LogP contribution in [0, 0.1) is 13.8 Å². The van der Waals surface area contributed by atoms with Gasteiger partial charge in [-0.05, 0) is 37.0 Å². The minimum atomic E-state index is 1.08. The summed E-state index contributed by atoms with van der Waals surface area (Å²) in [6, 6.07) is 6.39. The van der Waals surface area contributed by atoms with E-state index in [9.17, 15) is 0 Å². The Kier molecular flexibility index (Phi) is 2.24. The highest BCUT2D eigenvalue weighted by molar-refractivity contribution is 5.85.